The minimum Gasteiger partial charge on any atom is -0.388 e. The molecule has 1 aliphatic heterocycles. The average molecular weight is 425 g/mol. The van der Waals surface area contributed by atoms with Crippen LogP contribution in [-0.4, -0.2) is 34.2 Å². The summed E-state index contributed by atoms with van der Waals surface area (Å²) in [6.07, 6.45) is 2.05. The third-order valence-electron chi connectivity index (χ3n) is 5.73. The van der Waals surface area contributed by atoms with E-state index in [0.29, 0.717) is 35.3 Å². The Morgan fingerprint density at radius 2 is 1.83 bits per heavy atom. The van der Waals surface area contributed by atoms with Crippen molar-refractivity contribution in [2.45, 2.75) is 32.3 Å². The molecule has 0 aliphatic carbocycles. The van der Waals surface area contributed by atoms with Gasteiger partial charge < -0.3 is 14.5 Å². The molecule has 0 radical (unpaired) electrons. The Kier molecular flexibility index (Phi) is 6.21. The molecular weight excluding hydrogens is 400 g/mol. The standard InChI is InChI=1S/C24H25ClN2O3/c1-16(28)21-22(19-7-9-20(25)10-8-19)26-30-23(21)24(29)27-13-11-18(12-14-27)15-17-5-3-2-4-6-17/h2-10,16,18,28H,11-15H2,1H3/t16-/m0/s1. The molecule has 1 fully saturated rings. The van der Waals surface area contributed by atoms with Gasteiger partial charge in [-0.15, -0.1) is 0 Å². The summed E-state index contributed by atoms with van der Waals surface area (Å²) < 4.78 is 5.45. The molecule has 0 saturated carbocycles. The molecule has 1 atom stereocenters. The van der Waals surface area contributed by atoms with Gasteiger partial charge in [0.1, 0.15) is 5.69 Å². The maximum Gasteiger partial charge on any atom is 0.292 e. The van der Waals surface area contributed by atoms with Gasteiger partial charge in [0.05, 0.1) is 11.7 Å². The van der Waals surface area contributed by atoms with Crippen molar-refractivity contribution in [2.24, 2.45) is 5.92 Å². The summed E-state index contributed by atoms with van der Waals surface area (Å²) in [5.74, 6) is 0.472. The zero-order valence-corrected chi connectivity index (χ0v) is 17.7. The molecule has 1 aromatic heterocycles. The smallest absolute Gasteiger partial charge is 0.292 e. The predicted octanol–water partition coefficient (Wildman–Crippen LogP) is 5.14. The second-order valence-corrected chi connectivity index (χ2v) is 8.32. The van der Waals surface area contributed by atoms with Gasteiger partial charge in [-0.2, -0.15) is 0 Å². The summed E-state index contributed by atoms with van der Waals surface area (Å²) in [5, 5.41) is 15.1. The largest absolute Gasteiger partial charge is 0.388 e. The monoisotopic (exact) mass is 424 g/mol. The van der Waals surface area contributed by atoms with Crippen molar-refractivity contribution in [1.29, 1.82) is 0 Å². The molecule has 5 nitrogen and oxygen atoms in total. The van der Waals surface area contributed by atoms with Gasteiger partial charge in [-0.05, 0) is 49.8 Å². The second-order valence-electron chi connectivity index (χ2n) is 7.88. The minimum absolute atomic E-state index is 0.122. The zero-order chi connectivity index (χ0) is 21.1. The van der Waals surface area contributed by atoms with E-state index in [1.165, 1.54) is 5.56 Å². The number of nitrogens with zero attached hydrogens (tertiary/aromatic N) is 2. The maximum absolute atomic E-state index is 13.1. The van der Waals surface area contributed by atoms with Crippen LogP contribution in [0.15, 0.2) is 59.1 Å². The van der Waals surface area contributed by atoms with E-state index in [9.17, 15) is 9.90 Å². The Labute approximate surface area is 181 Å². The lowest BCUT2D eigenvalue weighted by Crippen LogP contribution is -2.39. The number of rotatable bonds is 5. The fourth-order valence-corrected chi connectivity index (χ4v) is 4.21. The normalized spacial score (nSPS) is 15.9. The van der Waals surface area contributed by atoms with Crippen LogP contribution in [0.25, 0.3) is 11.3 Å². The lowest BCUT2D eigenvalue weighted by Gasteiger charge is -2.31. The average Bonchev–Trinajstić information content (AvgIpc) is 3.20. The summed E-state index contributed by atoms with van der Waals surface area (Å²) in [6.45, 7) is 2.97. The van der Waals surface area contributed by atoms with Crippen molar-refractivity contribution in [3.8, 4) is 11.3 Å². The summed E-state index contributed by atoms with van der Waals surface area (Å²) in [7, 11) is 0. The van der Waals surface area contributed by atoms with Gasteiger partial charge in [-0.3, -0.25) is 4.79 Å². The van der Waals surface area contributed by atoms with Crippen LogP contribution in [0.4, 0.5) is 0 Å². The Morgan fingerprint density at radius 1 is 1.17 bits per heavy atom. The molecule has 0 unspecified atom stereocenters. The number of carbonyl (C=O) groups is 1. The molecule has 2 heterocycles. The first-order chi connectivity index (χ1) is 14.5. The molecule has 30 heavy (non-hydrogen) atoms. The molecule has 1 aliphatic rings. The summed E-state index contributed by atoms with van der Waals surface area (Å²) in [5.41, 5.74) is 2.99. The van der Waals surface area contributed by atoms with Gasteiger partial charge in [-0.1, -0.05) is 59.2 Å². The molecule has 1 amide bonds. The fourth-order valence-electron chi connectivity index (χ4n) is 4.09. The van der Waals surface area contributed by atoms with Crippen molar-refractivity contribution < 1.29 is 14.4 Å². The van der Waals surface area contributed by atoms with E-state index >= 15 is 0 Å². The molecule has 6 heteroatoms. The summed E-state index contributed by atoms with van der Waals surface area (Å²) in [4.78, 5) is 15.0. The molecule has 3 aromatic rings. The molecule has 0 bridgehead atoms. The Balaban J connectivity index is 1.48. The highest BCUT2D eigenvalue weighted by Crippen LogP contribution is 2.33. The van der Waals surface area contributed by atoms with E-state index in [0.717, 1.165) is 24.8 Å². The molecule has 156 valence electrons. The van der Waals surface area contributed by atoms with Crippen LogP contribution in [0.5, 0.6) is 0 Å². The summed E-state index contributed by atoms with van der Waals surface area (Å²) >= 11 is 5.97. The highest BCUT2D eigenvalue weighted by molar-refractivity contribution is 6.30. The van der Waals surface area contributed by atoms with Crippen LogP contribution in [0.1, 0.15) is 47.6 Å². The van der Waals surface area contributed by atoms with Crippen LogP contribution in [-0.2, 0) is 6.42 Å². The van der Waals surface area contributed by atoms with E-state index in [1.807, 2.05) is 6.07 Å². The number of hydrogen-bond acceptors (Lipinski definition) is 4. The lowest BCUT2D eigenvalue weighted by molar-refractivity contribution is 0.0640. The van der Waals surface area contributed by atoms with Crippen molar-refractivity contribution in [2.75, 3.05) is 13.1 Å². The number of benzene rings is 2. The van der Waals surface area contributed by atoms with Gasteiger partial charge in [0.15, 0.2) is 0 Å². The second kappa shape index (κ2) is 9.02. The van der Waals surface area contributed by atoms with Gasteiger partial charge in [0.2, 0.25) is 5.76 Å². The molecule has 4 rings (SSSR count). The number of aromatic nitrogens is 1. The highest BCUT2D eigenvalue weighted by atomic mass is 35.5. The first-order valence-electron chi connectivity index (χ1n) is 10.3. The van der Waals surface area contributed by atoms with Crippen molar-refractivity contribution >= 4 is 17.5 Å². The third-order valence-corrected chi connectivity index (χ3v) is 5.98. The SMILES string of the molecule is C[C@H](O)c1c(-c2ccc(Cl)cc2)noc1C(=O)N1CCC(Cc2ccccc2)CC1. The molecule has 0 spiro atoms. The van der Waals surface area contributed by atoms with Crippen molar-refractivity contribution in [1.82, 2.24) is 10.1 Å². The molecule has 2 aromatic carbocycles. The number of amides is 1. The van der Waals surface area contributed by atoms with E-state index < -0.39 is 6.10 Å². The van der Waals surface area contributed by atoms with Crippen LogP contribution in [0.2, 0.25) is 5.02 Å². The summed E-state index contributed by atoms with van der Waals surface area (Å²) in [6, 6.07) is 17.6. The first-order valence-corrected chi connectivity index (χ1v) is 10.7. The van der Waals surface area contributed by atoms with Gasteiger partial charge in [0.25, 0.3) is 5.91 Å². The van der Waals surface area contributed by atoms with Crippen molar-refractivity contribution in [3.05, 3.63) is 76.5 Å². The first kappa shape index (κ1) is 20.6. The predicted molar refractivity (Wildman–Crippen MR) is 116 cm³/mol. The maximum atomic E-state index is 13.1. The van der Waals surface area contributed by atoms with Gasteiger partial charge >= 0.3 is 0 Å². The van der Waals surface area contributed by atoms with E-state index in [4.69, 9.17) is 16.1 Å². The van der Waals surface area contributed by atoms with E-state index in [1.54, 1.807) is 36.1 Å². The van der Waals surface area contributed by atoms with Crippen LogP contribution in [0.3, 0.4) is 0 Å². The van der Waals surface area contributed by atoms with Crippen LogP contribution in [0, 0.1) is 5.92 Å². The number of piperidine rings is 1. The number of likely N-dealkylation sites (tertiary alicyclic amines) is 1. The van der Waals surface area contributed by atoms with Crippen LogP contribution >= 0.6 is 11.6 Å². The molecule has 1 saturated heterocycles. The fraction of sp³-hybridized carbons (Fsp3) is 0.333. The Hall–Kier alpha value is -2.63. The molecular formula is C24H25ClN2O3. The van der Waals surface area contributed by atoms with E-state index in [-0.39, 0.29) is 11.7 Å². The minimum atomic E-state index is -0.878. The van der Waals surface area contributed by atoms with Crippen LogP contribution < -0.4 is 0 Å². The molecule has 1 N–H and O–H groups in total. The quantitative estimate of drug-likeness (QED) is 0.615. The third kappa shape index (κ3) is 4.42. The Morgan fingerprint density at radius 3 is 2.47 bits per heavy atom. The number of hydrogen-bond donors (Lipinski definition) is 1. The van der Waals surface area contributed by atoms with E-state index in [2.05, 4.69) is 29.4 Å². The highest BCUT2D eigenvalue weighted by Gasteiger charge is 2.31. The lowest BCUT2D eigenvalue weighted by atomic mass is 9.90. The zero-order valence-electron chi connectivity index (χ0n) is 16.9. The van der Waals surface area contributed by atoms with Crippen molar-refractivity contribution in [3.63, 3.8) is 0 Å². The Bertz CT molecular complexity index is 991. The van der Waals surface area contributed by atoms with Gasteiger partial charge in [0, 0.05) is 23.7 Å². The number of carbonyl (C=O) groups excluding carboxylic acids is 1. The topological polar surface area (TPSA) is 66.6 Å². The number of aliphatic hydroxyl groups is 1. The number of halogens is 1. The number of aliphatic hydroxyl groups excluding tert-OH is 1. The van der Waals surface area contributed by atoms with Gasteiger partial charge in [-0.25, -0.2) is 0 Å².